The Morgan fingerprint density at radius 1 is 1.41 bits per heavy atom. The van der Waals surface area contributed by atoms with Gasteiger partial charge in [-0.2, -0.15) is 5.09 Å². The van der Waals surface area contributed by atoms with Gasteiger partial charge in [-0.3, -0.25) is 23.7 Å². The molecule has 1 saturated heterocycles. The van der Waals surface area contributed by atoms with Gasteiger partial charge < -0.3 is 23.9 Å². The molecule has 1 aromatic heterocycles. The number of rotatable bonds is 10. The Balaban J connectivity index is 1.94. The fraction of sp³-hybridized carbons (Fsp3) is 0.478. The van der Waals surface area contributed by atoms with Gasteiger partial charge in [0.05, 0.1) is 15.4 Å². The molecule has 2 unspecified atom stereocenters. The molecule has 12 nitrogen and oxygen atoms in total. The molecular weight excluding hydrogens is 523 g/mol. The molecule has 3 rings (SSSR count). The summed E-state index contributed by atoms with van der Waals surface area (Å²) in [4.78, 5) is 30.1. The van der Waals surface area contributed by atoms with Crippen LogP contribution in [0.3, 0.4) is 0 Å². The van der Waals surface area contributed by atoms with Gasteiger partial charge in [-0.1, -0.05) is 18.2 Å². The molecule has 3 N–H and O–H groups in total. The largest absolute Gasteiger partial charge is 0.462 e. The van der Waals surface area contributed by atoms with Gasteiger partial charge in [0, 0.05) is 11.8 Å². The molecule has 1 aliphatic heterocycles. The maximum atomic E-state index is 13.8. The number of aliphatic hydroxyl groups excluding tert-OH is 1. The van der Waals surface area contributed by atoms with Crippen molar-refractivity contribution in [2.75, 3.05) is 6.56 Å². The Morgan fingerprint density at radius 3 is 2.70 bits per heavy atom. The van der Waals surface area contributed by atoms with E-state index < -0.39 is 62.5 Å². The predicted molar refractivity (Wildman–Crippen MR) is 135 cm³/mol. The van der Waals surface area contributed by atoms with E-state index in [1.807, 2.05) is 0 Å². The first-order valence-electron chi connectivity index (χ1n) is 12.2. The van der Waals surface area contributed by atoms with E-state index in [1.165, 1.54) is 36.7 Å². The number of carbonyl (C=O) groups is 1. The van der Waals surface area contributed by atoms with Crippen LogP contribution in [0.15, 0.2) is 41.3 Å². The molecule has 6 atom stereocenters. The van der Waals surface area contributed by atoms with Crippen LogP contribution in [0.4, 0.5) is 0 Å². The zero-order chi connectivity index (χ0) is 29.1. The number of aryl methyl sites for hydroxylation is 1. The van der Waals surface area contributed by atoms with Gasteiger partial charge in [-0.25, -0.2) is 11.1 Å². The number of esters is 1. The van der Waals surface area contributed by atoms with Crippen molar-refractivity contribution in [2.45, 2.75) is 64.3 Å². The van der Waals surface area contributed by atoms with Crippen LogP contribution in [0.25, 0.3) is 4.85 Å². The van der Waals surface area contributed by atoms with Crippen LogP contribution in [0.5, 0.6) is 5.75 Å². The summed E-state index contributed by atoms with van der Waals surface area (Å²) in [5, 5.41) is 13.3. The minimum atomic E-state index is -4.71. The smallest absolute Gasteiger partial charge is 0.459 e. The zero-order valence-corrected chi connectivity index (χ0v) is 22.2. The van der Waals surface area contributed by atoms with Gasteiger partial charge in [-0.15, -0.1) is 0 Å². The molecule has 1 aliphatic rings. The van der Waals surface area contributed by atoms with Gasteiger partial charge in [0.2, 0.25) is 6.23 Å². The lowest BCUT2D eigenvalue weighted by molar-refractivity contribution is -0.149. The van der Waals surface area contributed by atoms with Crippen molar-refractivity contribution >= 4 is 25.9 Å². The number of hydrogen-bond donors (Lipinski definition) is 3. The van der Waals surface area contributed by atoms with Crippen LogP contribution in [0.1, 0.15) is 35.3 Å². The number of aromatic amines is 1. The molecule has 1 fully saturated rings. The first kappa shape index (κ1) is 25.8. The van der Waals surface area contributed by atoms with Crippen molar-refractivity contribution in [2.24, 2.45) is 0 Å². The number of ether oxygens (including phenoxy) is 2. The lowest BCUT2D eigenvalue weighted by atomic mass is 10.1. The van der Waals surface area contributed by atoms with E-state index in [4.69, 9.17) is 40.1 Å². The molecule has 2 heterocycles. The minimum Gasteiger partial charge on any atom is -0.462 e. The Morgan fingerprint density at radius 2 is 2.08 bits per heavy atom. The van der Waals surface area contributed by atoms with Gasteiger partial charge in [0.1, 0.15) is 17.9 Å². The molecule has 2 aromatic rings. The monoisotopic (exact) mass is 554 g/mol. The topological polar surface area (TPSA) is 145 Å². The van der Waals surface area contributed by atoms with Crippen molar-refractivity contribution in [1.82, 2.24) is 14.6 Å². The number of para-hydroxylation sites is 1. The lowest BCUT2D eigenvalue weighted by Crippen LogP contribution is -2.37. The normalized spacial score (nSPS) is 24.9. The SMILES string of the molecule is [2H]C([2H])(OP(=O)(N[C@@H](C)C(=O)OC(C)C)Oc1ccccc1)[C@@H]1O[C@H](n2cc(C)c(=O)[nH]c2=S)[C@H]([N+]#[C-])C1O. The van der Waals surface area contributed by atoms with Crippen molar-refractivity contribution in [3.05, 3.63) is 68.6 Å². The molecule has 0 spiro atoms. The average molecular weight is 555 g/mol. The van der Waals surface area contributed by atoms with Crippen LogP contribution >= 0.6 is 20.0 Å². The van der Waals surface area contributed by atoms with Gasteiger partial charge in [0.25, 0.3) is 11.6 Å². The summed E-state index contributed by atoms with van der Waals surface area (Å²) in [5.74, 6) is -0.757. The van der Waals surface area contributed by atoms with Crippen LogP contribution < -0.4 is 15.2 Å². The highest BCUT2D eigenvalue weighted by Crippen LogP contribution is 2.46. The molecular formula is C23H29N4O8PS. The number of nitrogens with zero attached hydrogens (tertiary/aromatic N) is 2. The van der Waals surface area contributed by atoms with E-state index in [9.17, 15) is 19.3 Å². The van der Waals surface area contributed by atoms with E-state index in [2.05, 4.69) is 14.9 Å². The Kier molecular flexibility index (Phi) is 8.45. The summed E-state index contributed by atoms with van der Waals surface area (Å²) in [6.45, 7) is 10.6. The fourth-order valence-electron chi connectivity index (χ4n) is 3.34. The third-order valence-electron chi connectivity index (χ3n) is 5.12. The molecule has 0 bridgehead atoms. The van der Waals surface area contributed by atoms with Crippen LogP contribution in [-0.4, -0.2) is 57.6 Å². The maximum absolute atomic E-state index is 13.8. The van der Waals surface area contributed by atoms with E-state index >= 15 is 0 Å². The second kappa shape index (κ2) is 12.1. The third kappa shape index (κ3) is 7.13. The lowest BCUT2D eigenvalue weighted by Gasteiger charge is -2.24. The van der Waals surface area contributed by atoms with Gasteiger partial charge in [-0.05, 0) is 52.0 Å². The summed E-state index contributed by atoms with van der Waals surface area (Å²) < 4.78 is 53.7. The van der Waals surface area contributed by atoms with E-state index in [1.54, 1.807) is 32.0 Å². The Hall–Kier alpha value is -2.85. The number of nitrogens with one attached hydrogen (secondary N) is 2. The van der Waals surface area contributed by atoms with Crippen molar-refractivity contribution in [3.63, 3.8) is 0 Å². The predicted octanol–water partition coefficient (Wildman–Crippen LogP) is 2.89. The number of aromatic nitrogens is 2. The standard InChI is InChI=1S/C23H29N4O8PS/c1-13(2)33-22(30)15(4)26-36(31,35-16-9-7-6-8-10-16)32-12-17-19(28)18(24-5)21(34-17)27-11-14(3)20(29)25-23(27)37/h6-11,13,15,17-19,21,28H,12H2,1-4H3,(H,26,31)(H,25,29,37)/t15-,17-,18+,19?,21-,36?/m0/s1/i12D2. The van der Waals surface area contributed by atoms with Crippen LogP contribution in [0.2, 0.25) is 0 Å². The minimum absolute atomic E-state index is 0.0355. The second-order valence-corrected chi connectivity index (χ2v) is 10.5. The molecule has 1 aromatic carbocycles. The first-order valence-corrected chi connectivity index (χ1v) is 13.2. The van der Waals surface area contributed by atoms with E-state index in [0.29, 0.717) is 0 Å². The molecule has 37 heavy (non-hydrogen) atoms. The number of H-pyrrole nitrogens is 1. The average Bonchev–Trinajstić information content (AvgIpc) is 3.17. The maximum Gasteiger partial charge on any atom is 0.459 e. The highest BCUT2D eigenvalue weighted by atomic mass is 32.1. The van der Waals surface area contributed by atoms with Gasteiger partial charge >= 0.3 is 13.7 Å². The number of aliphatic hydroxyl groups is 1. The van der Waals surface area contributed by atoms with Crippen molar-refractivity contribution in [1.29, 1.82) is 0 Å². The highest BCUT2D eigenvalue weighted by Gasteiger charge is 2.51. The molecule has 200 valence electrons. The number of hydrogen-bond acceptors (Lipinski definition) is 9. The molecule has 0 radical (unpaired) electrons. The Labute approximate surface area is 221 Å². The summed E-state index contributed by atoms with van der Waals surface area (Å²) in [6.07, 6.45) is -4.10. The summed E-state index contributed by atoms with van der Waals surface area (Å²) in [7, 11) is -4.71. The summed E-state index contributed by atoms with van der Waals surface area (Å²) in [5.41, 5.74) is -0.222. The van der Waals surface area contributed by atoms with E-state index in [-0.39, 0.29) is 16.1 Å². The first-order chi connectivity index (χ1) is 18.2. The number of benzene rings is 1. The third-order valence-corrected chi connectivity index (χ3v) is 6.94. The van der Waals surface area contributed by atoms with Crippen molar-refractivity contribution < 1.29 is 35.7 Å². The fourth-order valence-corrected chi connectivity index (χ4v) is 4.95. The zero-order valence-electron chi connectivity index (χ0n) is 22.5. The van der Waals surface area contributed by atoms with Crippen molar-refractivity contribution in [3.8, 4) is 5.75 Å². The van der Waals surface area contributed by atoms with Gasteiger partial charge in [0.15, 0.2) is 10.9 Å². The summed E-state index contributed by atoms with van der Waals surface area (Å²) in [6, 6.07) is 5.09. The molecule has 0 amide bonds. The molecule has 0 saturated carbocycles. The highest BCUT2D eigenvalue weighted by molar-refractivity contribution is 7.71. The molecule has 14 heteroatoms. The van der Waals surface area contributed by atoms with Crippen LogP contribution in [0, 0.1) is 18.3 Å². The Bertz CT molecular complexity index is 1400. The summed E-state index contributed by atoms with van der Waals surface area (Å²) >= 11 is 5.17. The van der Waals surface area contributed by atoms with E-state index in [0.717, 1.165) is 0 Å². The second-order valence-electron chi connectivity index (χ2n) is 8.48. The quantitative estimate of drug-likeness (QED) is 0.173. The van der Waals surface area contributed by atoms with Crippen LogP contribution in [-0.2, 0) is 23.4 Å². The number of carbonyl (C=O) groups excluding carboxylic acids is 1. The molecule has 0 aliphatic carbocycles.